The van der Waals surface area contributed by atoms with Crippen LogP contribution in [0, 0.1) is 6.92 Å². The lowest BCUT2D eigenvalue weighted by Gasteiger charge is -2.36. The van der Waals surface area contributed by atoms with E-state index in [1.165, 1.54) is 18.4 Å². The number of aryl methyl sites for hydroxylation is 2. The molecule has 3 rings (SSSR count). The van der Waals surface area contributed by atoms with Gasteiger partial charge in [0.1, 0.15) is 0 Å². The molecule has 1 heterocycles. The van der Waals surface area contributed by atoms with E-state index in [0.717, 1.165) is 36.4 Å². The summed E-state index contributed by atoms with van der Waals surface area (Å²) >= 11 is 12.1. The minimum Gasteiger partial charge on any atom is -0.368 e. The number of benzene rings is 2. The first kappa shape index (κ1) is 20.8. The van der Waals surface area contributed by atoms with E-state index in [9.17, 15) is 4.79 Å². The van der Waals surface area contributed by atoms with Crippen LogP contribution >= 0.6 is 23.2 Å². The largest absolute Gasteiger partial charge is 0.368 e. The molecule has 1 aliphatic rings. The third-order valence-electron chi connectivity index (χ3n) is 5.19. The molecule has 150 valence electrons. The van der Waals surface area contributed by atoms with E-state index in [-0.39, 0.29) is 6.03 Å². The Bertz CT molecular complexity index is 833. The van der Waals surface area contributed by atoms with Crippen LogP contribution in [-0.4, -0.2) is 37.1 Å². The van der Waals surface area contributed by atoms with Crippen LogP contribution in [0.2, 0.25) is 10.0 Å². The van der Waals surface area contributed by atoms with E-state index in [1.807, 2.05) is 36.1 Å². The molecule has 1 aliphatic heterocycles. The smallest absolute Gasteiger partial charge is 0.321 e. The third kappa shape index (κ3) is 5.12. The van der Waals surface area contributed by atoms with Gasteiger partial charge in [0.2, 0.25) is 0 Å². The van der Waals surface area contributed by atoms with Crippen molar-refractivity contribution in [2.24, 2.45) is 0 Å². The van der Waals surface area contributed by atoms with Crippen LogP contribution < -0.4 is 10.2 Å². The normalized spacial score (nSPS) is 14.3. The van der Waals surface area contributed by atoms with E-state index in [2.05, 4.69) is 29.3 Å². The van der Waals surface area contributed by atoms with Gasteiger partial charge >= 0.3 is 6.03 Å². The zero-order valence-electron chi connectivity index (χ0n) is 16.5. The Labute approximate surface area is 177 Å². The highest BCUT2D eigenvalue weighted by atomic mass is 35.5. The molecule has 0 aromatic heterocycles. The molecule has 0 bridgehead atoms. The Morgan fingerprint density at radius 1 is 1.04 bits per heavy atom. The fraction of sp³-hybridized carbons (Fsp3) is 0.409. The summed E-state index contributed by atoms with van der Waals surface area (Å²) in [6.45, 7) is 7.11. The minimum absolute atomic E-state index is 0.0433. The van der Waals surface area contributed by atoms with Crippen molar-refractivity contribution in [1.29, 1.82) is 0 Å². The SMILES string of the molecule is CCCCc1ccc(NC(=O)N2CCN(c3ccc(Cl)c(Cl)c3)CC2)c(C)c1. The summed E-state index contributed by atoms with van der Waals surface area (Å²) in [6.07, 6.45) is 3.46. The van der Waals surface area contributed by atoms with Crippen LogP contribution in [0.25, 0.3) is 0 Å². The number of carbonyl (C=O) groups excluding carboxylic acids is 1. The van der Waals surface area contributed by atoms with Crippen molar-refractivity contribution in [3.63, 3.8) is 0 Å². The number of urea groups is 1. The Kier molecular flexibility index (Phi) is 7.08. The standard InChI is InChI=1S/C22H27Cl2N3O/c1-3-4-5-17-6-9-21(16(2)14-17)25-22(28)27-12-10-26(11-13-27)18-7-8-19(23)20(24)15-18/h6-9,14-15H,3-5,10-13H2,1-2H3,(H,25,28). The van der Waals surface area contributed by atoms with Gasteiger partial charge in [-0.25, -0.2) is 4.79 Å². The van der Waals surface area contributed by atoms with Gasteiger partial charge in [-0.1, -0.05) is 48.7 Å². The van der Waals surface area contributed by atoms with E-state index in [4.69, 9.17) is 23.2 Å². The van der Waals surface area contributed by atoms with Crippen LogP contribution in [0.15, 0.2) is 36.4 Å². The zero-order valence-corrected chi connectivity index (χ0v) is 18.0. The fourth-order valence-corrected chi connectivity index (χ4v) is 3.74. The van der Waals surface area contributed by atoms with Crippen molar-refractivity contribution in [1.82, 2.24) is 4.90 Å². The Balaban J connectivity index is 1.56. The molecule has 1 N–H and O–H groups in total. The monoisotopic (exact) mass is 419 g/mol. The number of hydrogen-bond donors (Lipinski definition) is 1. The van der Waals surface area contributed by atoms with Crippen LogP contribution in [0.5, 0.6) is 0 Å². The third-order valence-corrected chi connectivity index (χ3v) is 5.93. The summed E-state index contributed by atoms with van der Waals surface area (Å²) in [5, 5.41) is 4.17. The first-order chi connectivity index (χ1) is 13.5. The lowest BCUT2D eigenvalue weighted by atomic mass is 10.0. The molecular weight excluding hydrogens is 393 g/mol. The van der Waals surface area contributed by atoms with Crippen molar-refractivity contribution in [2.45, 2.75) is 33.1 Å². The number of hydrogen-bond acceptors (Lipinski definition) is 2. The van der Waals surface area contributed by atoms with E-state index in [1.54, 1.807) is 0 Å². The summed E-state index contributed by atoms with van der Waals surface area (Å²) in [5.74, 6) is 0. The Morgan fingerprint density at radius 2 is 1.79 bits per heavy atom. The summed E-state index contributed by atoms with van der Waals surface area (Å²) in [6, 6.07) is 11.9. The molecule has 0 atom stereocenters. The highest BCUT2D eigenvalue weighted by Crippen LogP contribution is 2.28. The topological polar surface area (TPSA) is 35.6 Å². The predicted octanol–water partition coefficient (Wildman–Crippen LogP) is 6.00. The van der Waals surface area contributed by atoms with Gasteiger partial charge in [-0.15, -0.1) is 0 Å². The number of halogens is 2. The van der Waals surface area contributed by atoms with E-state index >= 15 is 0 Å². The molecule has 6 heteroatoms. The second kappa shape index (κ2) is 9.53. The molecule has 0 unspecified atom stereocenters. The maximum Gasteiger partial charge on any atom is 0.321 e. The van der Waals surface area contributed by atoms with Crippen LogP contribution in [-0.2, 0) is 6.42 Å². The van der Waals surface area contributed by atoms with Gasteiger partial charge in [0.05, 0.1) is 10.0 Å². The molecule has 2 amide bonds. The molecule has 1 fully saturated rings. The molecule has 0 spiro atoms. The van der Waals surface area contributed by atoms with Crippen molar-refractivity contribution in [2.75, 3.05) is 36.4 Å². The molecular formula is C22H27Cl2N3O. The number of unbranched alkanes of at least 4 members (excludes halogenated alkanes) is 1. The molecule has 2 aromatic carbocycles. The van der Waals surface area contributed by atoms with Gasteiger partial charge in [0.25, 0.3) is 0 Å². The number of anilines is 2. The van der Waals surface area contributed by atoms with Crippen molar-refractivity contribution in [3.8, 4) is 0 Å². The maximum absolute atomic E-state index is 12.7. The summed E-state index contributed by atoms with van der Waals surface area (Å²) in [5.41, 5.74) is 4.36. The van der Waals surface area contributed by atoms with Crippen molar-refractivity contribution >= 4 is 40.6 Å². The lowest BCUT2D eigenvalue weighted by Crippen LogP contribution is -2.50. The lowest BCUT2D eigenvalue weighted by molar-refractivity contribution is 0.208. The van der Waals surface area contributed by atoms with Crippen LogP contribution in [0.1, 0.15) is 30.9 Å². The highest BCUT2D eigenvalue weighted by Gasteiger charge is 2.22. The van der Waals surface area contributed by atoms with Gasteiger partial charge in [-0.3, -0.25) is 0 Å². The predicted molar refractivity (Wildman–Crippen MR) is 119 cm³/mol. The number of nitrogens with one attached hydrogen (secondary N) is 1. The number of carbonyl (C=O) groups is 1. The van der Waals surface area contributed by atoms with Gasteiger partial charge in [0, 0.05) is 37.6 Å². The molecule has 28 heavy (non-hydrogen) atoms. The number of rotatable bonds is 5. The summed E-state index contributed by atoms with van der Waals surface area (Å²) in [4.78, 5) is 16.8. The molecule has 0 radical (unpaired) electrons. The van der Waals surface area contributed by atoms with Gasteiger partial charge in [-0.05, 0) is 55.2 Å². The zero-order chi connectivity index (χ0) is 20.1. The van der Waals surface area contributed by atoms with E-state index in [0.29, 0.717) is 23.1 Å². The van der Waals surface area contributed by atoms with Gasteiger partial charge in [-0.2, -0.15) is 0 Å². The van der Waals surface area contributed by atoms with E-state index < -0.39 is 0 Å². The Morgan fingerprint density at radius 3 is 2.43 bits per heavy atom. The average molecular weight is 420 g/mol. The Hall–Kier alpha value is -1.91. The first-order valence-electron chi connectivity index (χ1n) is 9.83. The first-order valence-corrected chi connectivity index (χ1v) is 10.6. The molecule has 2 aromatic rings. The average Bonchev–Trinajstić information content (AvgIpc) is 2.70. The molecule has 0 saturated carbocycles. The molecule has 0 aliphatic carbocycles. The number of amides is 2. The minimum atomic E-state index is -0.0433. The number of nitrogens with zero attached hydrogens (tertiary/aromatic N) is 2. The maximum atomic E-state index is 12.7. The summed E-state index contributed by atoms with van der Waals surface area (Å²) < 4.78 is 0. The van der Waals surface area contributed by atoms with Crippen molar-refractivity contribution in [3.05, 3.63) is 57.6 Å². The molecule has 4 nitrogen and oxygen atoms in total. The van der Waals surface area contributed by atoms with Crippen molar-refractivity contribution < 1.29 is 4.79 Å². The van der Waals surface area contributed by atoms with Gasteiger partial charge < -0.3 is 15.1 Å². The van der Waals surface area contributed by atoms with Crippen LogP contribution in [0.4, 0.5) is 16.2 Å². The quantitative estimate of drug-likeness (QED) is 0.644. The second-order valence-corrected chi connectivity index (χ2v) is 8.07. The second-order valence-electron chi connectivity index (χ2n) is 7.26. The van der Waals surface area contributed by atoms with Gasteiger partial charge in [0.15, 0.2) is 0 Å². The highest BCUT2D eigenvalue weighted by molar-refractivity contribution is 6.42. The molecule has 1 saturated heterocycles. The van der Waals surface area contributed by atoms with Crippen LogP contribution in [0.3, 0.4) is 0 Å². The summed E-state index contributed by atoms with van der Waals surface area (Å²) in [7, 11) is 0. The number of piperazine rings is 1. The fourth-order valence-electron chi connectivity index (χ4n) is 3.45.